The van der Waals surface area contributed by atoms with Gasteiger partial charge >= 0.3 is 0 Å². The van der Waals surface area contributed by atoms with Gasteiger partial charge in [-0.15, -0.1) is 0 Å². The molecule has 1 heterocycles. The number of likely N-dealkylation sites (N-methyl/N-ethyl adjacent to an activating group) is 1. The fraction of sp³-hybridized carbons (Fsp3) is 1.00. The molecule has 4 atom stereocenters. The Balaban J connectivity index is 2.40. The Bertz CT molecular complexity index is 201. The molecule has 1 rings (SSSR count). The Morgan fingerprint density at radius 2 is 2.00 bits per heavy atom. The molecule has 0 radical (unpaired) electrons. The van der Waals surface area contributed by atoms with Gasteiger partial charge in [-0.3, -0.25) is 0 Å². The zero-order chi connectivity index (χ0) is 12.1. The van der Waals surface area contributed by atoms with Gasteiger partial charge < -0.3 is 10.1 Å². The molecule has 4 heteroatoms. The first-order valence-corrected chi connectivity index (χ1v) is 8.09. The third-order valence-electron chi connectivity index (χ3n) is 3.00. The molecule has 0 bridgehead atoms. The van der Waals surface area contributed by atoms with Gasteiger partial charge in [0.2, 0.25) is 0 Å². The number of rotatable bonds is 5. The minimum atomic E-state index is 0.327. The van der Waals surface area contributed by atoms with E-state index in [1.165, 1.54) is 5.75 Å². The third kappa shape index (κ3) is 4.47. The van der Waals surface area contributed by atoms with Crippen LogP contribution in [-0.4, -0.2) is 47.3 Å². The molecule has 0 spiro atoms. The molecule has 96 valence electrons. The van der Waals surface area contributed by atoms with Gasteiger partial charge in [-0.1, -0.05) is 13.8 Å². The predicted molar refractivity (Wildman–Crippen MR) is 76.7 cm³/mol. The largest absolute Gasteiger partial charge is 0.377 e. The highest BCUT2D eigenvalue weighted by molar-refractivity contribution is 8.07. The first-order valence-electron chi connectivity index (χ1n) is 6.10. The second-order valence-electron chi connectivity index (χ2n) is 4.70. The maximum absolute atomic E-state index is 5.73. The quantitative estimate of drug-likeness (QED) is 0.823. The summed E-state index contributed by atoms with van der Waals surface area (Å²) in [5.41, 5.74) is 0. The first-order chi connectivity index (χ1) is 7.54. The molecule has 1 aliphatic rings. The highest BCUT2D eigenvalue weighted by Gasteiger charge is 2.30. The average molecular weight is 263 g/mol. The van der Waals surface area contributed by atoms with Crippen LogP contribution in [0.1, 0.15) is 27.7 Å². The first kappa shape index (κ1) is 14.7. The average Bonchev–Trinajstić information content (AvgIpc) is 2.23. The number of hydrogen-bond acceptors (Lipinski definition) is 4. The lowest BCUT2D eigenvalue weighted by Crippen LogP contribution is -2.45. The molecule has 1 N–H and O–H groups in total. The minimum Gasteiger partial charge on any atom is -0.377 e. The summed E-state index contributed by atoms with van der Waals surface area (Å²) in [5.74, 6) is 1.24. The standard InChI is InChI=1S/C12H25NOS2/c1-8(2)14-6-11(13-5)12-7-15-9(3)10(4)16-12/h8-13H,6-7H2,1-5H3. The number of hydrogen-bond donors (Lipinski definition) is 1. The smallest absolute Gasteiger partial charge is 0.0634 e. The van der Waals surface area contributed by atoms with Crippen molar-refractivity contribution in [2.45, 2.75) is 55.6 Å². The lowest BCUT2D eigenvalue weighted by Gasteiger charge is -2.35. The van der Waals surface area contributed by atoms with Crippen LogP contribution >= 0.6 is 23.5 Å². The van der Waals surface area contributed by atoms with Gasteiger partial charge in [-0.05, 0) is 20.9 Å². The van der Waals surface area contributed by atoms with Crippen LogP contribution in [0.5, 0.6) is 0 Å². The third-order valence-corrected chi connectivity index (χ3v) is 6.55. The van der Waals surface area contributed by atoms with Gasteiger partial charge in [-0.25, -0.2) is 0 Å². The molecule has 2 nitrogen and oxygen atoms in total. The Morgan fingerprint density at radius 1 is 1.31 bits per heavy atom. The molecule has 0 aromatic carbocycles. The Labute approximate surface area is 109 Å². The molecule has 16 heavy (non-hydrogen) atoms. The Kier molecular flexibility index (Phi) is 6.55. The van der Waals surface area contributed by atoms with Crippen molar-refractivity contribution in [1.82, 2.24) is 5.32 Å². The van der Waals surface area contributed by atoms with E-state index in [-0.39, 0.29) is 0 Å². The van der Waals surface area contributed by atoms with Gasteiger partial charge in [0.1, 0.15) is 0 Å². The summed E-state index contributed by atoms with van der Waals surface area (Å²) in [7, 11) is 2.04. The lowest BCUT2D eigenvalue weighted by molar-refractivity contribution is 0.0632. The van der Waals surface area contributed by atoms with Gasteiger partial charge in [0, 0.05) is 27.5 Å². The molecule has 0 saturated carbocycles. The summed E-state index contributed by atoms with van der Waals surface area (Å²) in [5, 5.41) is 5.61. The fourth-order valence-corrected chi connectivity index (χ4v) is 4.84. The van der Waals surface area contributed by atoms with Crippen LogP contribution in [0.3, 0.4) is 0 Å². The minimum absolute atomic E-state index is 0.327. The van der Waals surface area contributed by atoms with E-state index in [1.54, 1.807) is 0 Å². The van der Waals surface area contributed by atoms with E-state index in [1.807, 2.05) is 7.05 Å². The van der Waals surface area contributed by atoms with Crippen LogP contribution in [0.25, 0.3) is 0 Å². The molecular formula is C12H25NOS2. The Hall–Kier alpha value is 0.620. The van der Waals surface area contributed by atoms with Crippen molar-refractivity contribution in [3.8, 4) is 0 Å². The van der Waals surface area contributed by atoms with Crippen molar-refractivity contribution in [3.05, 3.63) is 0 Å². The molecule has 0 aromatic rings. The van der Waals surface area contributed by atoms with Crippen molar-refractivity contribution in [1.29, 1.82) is 0 Å². The van der Waals surface area contributed by atoms with Crippen LogP contribution in [0.2, 0.25) is 0 Å². The van der Waals surface area contributed by atoms with Gasteiger partial charge in [-0.2, -0.15) is 23.5 Å². The van der Waals surface area contributed by atoms with Crippen molar-refractivity contribution in [3.63, 3.8) is 0 Å². The van der Waals surface area contributed by atoms with Crippen LogP contribution in [0.4, 0.5) is 0 Å². The lowest BCUT2D eigenvalue weighted by atomic mass is 10.2. The maximum atomic E-state index is 5.73. The molecule has 1 saturated heterocycles. The highest BCUT2D eigenvalue weighted by Crippen LogP contribution is 2.37. The van der Waals surface area contributed by atoms with Crippen molar-refractivity contribution >= 4 is 23.5 Å². The normalized spacial score (nSPS) is 33.0. The fourth-order valence-electron chi connectivity index (χ4n) is 1.69. The van der Waals surface area contributed by atoms with Crippen LogP contribution in [0, 0.1) is 0 Å². The van der Waals surface area contributed by atoms with E-state index in [0.29, 0.717) is 17.4 Å². The predicted octanol–water partition coefficient (Wildman–Crippen LogP) is 2.63. The second kappa shape index (κ2) is 7.14. The molecule has 0 aliphatic carbocycles. The summed E-state index contributed by atoms with van der Waals surface area (Å²) >= 11 is 4.21. The van der Waals surface area contributed by atoms with Crippen LogP contribution in [0.15, 0.2) is 0 Å². The summed E-state index contributed by atoms with van der Waals surface area (Å²) in [4.78, 5) is 0. The van der Waals surface area contributed by atoms with Gasteiger partial charge in [0.15, 0.2) is 0 Å². The number of ether oxygens (including phenoxy) is 1. The van der Waals surface area contributed by atoms with E-state index in [9.17, 15) is 0 Å². The summed E-state index contributed by atoms with van der Waals surface area (Å²) < 4.78 is 5.73. The molecule has 1 aliphatic heterocycles. The second-order valence-corrected chi connectivity index (χ2v) is 7.73. The van der Waals surface area contributed by atoms with E-state index in [4.69, 9.17) is 4.74 Å². The van der Waals surface area contributed by atoms with Gasteiger partial charge in [0.25, 0.3) is 0 Å². The van der Waals surface area contributed by atoms with Crippen LogP contribution in [-0.2, 0) is 4.74 Å². The van der Waals surface area contributed by atoms with Gasteiger partial charge in [0.05, 0.1) is 12.7 Å². The molecule has 4 unspecified atom stereocenters. The van der Waals surface area contributed by atoms with E-state index in [0.717, 1.165) is 17.1 Å². The van der Waals surface area contributed by atoms with Crippen molar-refractivity contribution in [2.24, 2.45) is 0 Å². The molecule has 1 fully saturated rings. The monoisotopic (exact) mass is 263 g/mol. The zero-order valence-corrected chi connectivity index (χ0v) is 12.7. The molecular weight excluding hydrogens is 238 g/mol. The molecule has 0 amide bonds. The van der Waals surface area contributed by atoms with Crippen LogP contribution < -0.4 is 5.32 Å². The Morgan fingerprint density at radius 3 is 2.50 bits per heavy atom. The summed E-state index contributed by atoms with van der Waals surface area (Å²) in [6.45, 7) is 9.69. The SMILES string of the molecule is CNC(COC(C)C)C1CSC(C)C(C)S1. The zero-order valence-electron chi connectivity index (χ0n) is 11.0. The van der Waals surface area contributed by atoms with E-state index in [2.05, 4.69) is 56.5 Å². The van der Waals surface area contributed by atoms with Crippen molar-refractivity contribution < 1.29 is 4.74 Å². The highest BCUT2D eigenvalue weighted by atomic mass is 32.2. The topological polar surface area (TPSA) is 21.3 Å². The van der Waals surface area contributed by atoms with E-state index < -0.39 is 0 Å². The van der Waals surface area contributed by atoms with Crippen molar-refractivity contribution in [2.75, 3.05) is 19.4 Å². The molecule has 0 aromatic heterocycles. The van der Waals surface area contributed by atoms with E-state index >= 15 is 0 Å². The summed E-state index contributed by atoms with van der Waals surface area (Å²) in [6, 6.07) is 0.481. The number of nitrogens with one attached hydrogen (secondary N) is 1. The summed E-state index contributed by atoms with van der Waals surface area (Å²) in [6.07, 6.45) is 0.327. The number of thioether (sulfide) groups is 2. The maximum Gasteiger partial charge on any atom is 0.0634 e.